The van der Waals surface area contributed by atoms with Gasteiger partial charge in [0, 0.05) is 12.6 Å². The monoisotopic (exact) mass is 326 g/mol. The van der Waals surface area contributed by atoms with Crippen LogP contribution in [0.2, 0.25) is 0 Å². The fourth-order valence-electron chi connectivity index (χ4n) is 3.05. The molecule has 2 nitrogen and oxygen atoms in total. The highest BCUT2D eigenvalue weighted by Gasteiger charge is 2.34. The first-order valence-corrected chi connectivity index (χ1v) is 7.46. The second-order valence-electron chi connectivity index (χ2n) is 5.76. The van der Waals surface area contributed by atoms with Gasteiger partial charge in [-0.2, -0.15) is 18.3 Å². The summed E-state index contributed by atoms with van der Waals surface area (Å²) in [6.07, 6.45) is -4.44. The maximum atomic E-state index is 12.8. The fourth-order valence-corrected chi connectivity index (χ4v) is 3.05. The van der Waals surface area contributed by atoms with Gasteiger partial charge in [0.25, 0.3) is 0 Å². The molecule has 0 saturated carbocycles. The molecule has 24 heavy (non-hydrogen) atoms. The number of nitrogens with zero attached hydrogens (tertiary/aromatic N) is 2. The Kier molecular flexibility index (Phi) is 3.13. The highest BCUT2D eigenvalue weighted by Crippen LogP contribution is 2.33. The molecule has 0 aliphatic carbocycles. The van der Waals surface area contributed by atoms with Crippen molar-refractivity contribution in [3.63, 3.8) is 0 Å². The van der Waals surface area contributed by atoms with Gasteiger partial charge in [-0.05, 0) is 33.7 Å². The van der Waals surface area contributed by atoms with E-state index in [1.54, 1.807) is 0 Å². The van der Waals surface area contributed by atoms with Gasteiger partial charge in [-0.1, -0.05) is 48.5 Å². The summed E-state index contributed by atoms with van der Waals surface area (Å²) in [7, 11) is 1.52. The number of fused-ring (bicyclic) bond motifs is 3. The first kappa shape index (κ1) is 14.8. The second kappa shape index (κ2) is 5.09. The van der Waals surface area contributed by atoms with Crippen LogP contribution < -0.4 is 0 Å². The van der Waals surface area contributed by atoms with Crippen LogP contribution >= 0.6 is 0 Å². The molecule has 1 heterocycles. The third kappa shape index (κ3) is 2.33. The Labute approximate surface area is 136 Å². The molecule has 0 fully saturated rings. The summed E-state index contributed by atoms with van der Waals surface area (Å²) in [6, 6.07) is 18.8. The van der Waals surface area contributed by atoms with Crippen LogP contribution in [0.25, 0.3) is 32.8 Å². The maximum Gasteiger partial charge on any atom is 0.435 e. The van der Waals surface area contributed by atoms with Gasteiger partial charge in [-0.25, -0.2) is 0 Å². The number of alkyl halides is 3. The van der Waals surface area contributed by atoms with Crippen molar-refractivity contribution in [2.45, 2.75) is 6.18 Å². The maximum absolute atomic E-state index is 12.8. The third-order valence-corrected chi connectivity index (χ3v) is 4.21. The zero-order chi connectivity index (χ0) is 16.9. The number of halogens is 3. The molecule has 4 rings (SSSR count). The number of rotatable bonds is 1. The van der Waals surface area contributed by atoms with Crippen LogP contribution in [0.3, 0.4) is 0 Å². The van der Waals surface area contributed by atoms with Gasteiger partial charge in [-0.15, -0.1) is 0 Å². The Hall–Kier alpha value is -2.82. The molecule has 120 valence electrons. The standard InChI is InChI=1S/C19H13F3N2/c1-24-17(11-18(23-24)19(20,21)22)14-8-9-16-13(10-14)7-6-12-4-2-3-5-15(12)16/h2-11H,1H3. The number of benzene rings is 3. The lowest BCUT2D eigenvalue weighted by molar-refractivity contribution is -0.141. The topological polar surface area (TPSA) is 17.8 Å². The first-order chi connectivity index (χ1) is 11.4. The van der Waals surface area contributed by atoms with Crippen LogP contribution in [-0.2, 0) is 13.2 Å². The van der Waals surface area contributed by atoms with E-state index >= 15 is 0 Å². The molecule has 0 unspecified atom stereocenters. The van der Waals surface area contributed by atoms with E-state index < -0.39 is 11.9 Å². The largest absolute Gasteiger partial charge is 0.435 e. The quantitative estimate of drug-likeness (QED) is 0.428. The van der Waals surface area contributed by atoms with Gasteiger partial charge in [-0.3, -0.25) is 4.68 Å². The predicted molar refractivity (Wildman–Crippen MR) is 88.7 cm³/mol. The van der Waals surface area contributed by atoms with Crippen molar-refractivity contribution >= 4 is 21.5 Å². The lowest BCUT2D eigenvalue weighted by Gasteiger charge is -2.07. The van der Waals surface area contributed by atoms with Crippen LogP contribution in [0.1, 0.15) is 5.69 Å². The van der Waals surface area contributed by atoms with Crippen molar-refractivity contribution in [3.8, 4) is 11.3 Å². The number of aromatic nitrogens is 2. The molecule has 5 heteroatoms. The molecule has 0 aliphatic heterocycles. The smallest absolute Gasteiger partial charge is 0.267 e. The molecular formula is C19H13F3N2. The van der Waals surface area contributed by atoms with Crippen LogP contribution in [0, 0.1) is 0 Å². The number of hydrogen-bond donors (Lipinski definition) is 0. The minimum Gasteiger partial charge on any atom is -0.267 e. The molecule has 0 spiro atoms. The Balaban J connectivity index is 1.90. The lowest BCUT2D eigenvalue weighted by atomic mass is 9.99. The molecular weight excluding hydrogens is 313 g/mol. The SMILES string of the molecule is Cn1nc(C(F)(F)F)cc1-c1ccc2c(ccc3ccccc32)c1. The minimum atomic E-state index is -4.44. The summed E-state index contributed by atoms with van der Waals surface area (Å²) in [5, 5.41) is 7.91. The average Bonchev–Trinajstić information content (AvgIpc) is 2.96. The van der Waals surface area contributed by atoms with E-state index in [2.05, 4.69) is 5.10 Å². The van der Waals surface area contributed by atoms with Crippen molar-refractivity contribution < 1.29 is 13.2 Å². The van der Waals surface area contributed by atoms with Crippen molar-refractivity contribution in [2.75, 3.05) is 0 Å². The van der Waals surface area contributed by atoms with E-state index in [1.807, 2.05) is 54.6 Å². The Morgan fingerprint density at radius 3 is 2.29 bits per heavy atom. The van der Waals surface area contributed by atoms with E-state index in [9.17, 15) is 13.2 Å². The van der Waals surface area contributed by atoms with Crippen LogP contribution in [-0.4, -0.2) is 9.78 Å². The summed E-state index contributed by atoms with van der Waals surface area (Å²) < 4.78 is 39.8. The average molecular weight is 326 g/mol. The first-order valence-electron chi connectivity index (χ1n) is 7.46. The molecule has 0 aliphatic rings. The zero-order valence-corrected chi connectivity index (χ0v) is 12.8. The van der Waals surface area contributed by atoms with Gasteiger partial charge in [0.15, 0.2) is 5.69 Å². The molecule has 0 saturated heterocycles. The van der Waals surface area contributed by atoms with Gasteiger partial charge in [0.05, 0.1) is 5.69 Å². The Morgan fingerprint density at radius 1 is 0.833 bits per heavy atom. The number of aryl methyl sites for hydroxylation is 1. The number of hydrogen-bond acceptors (Lipinski definition) is 1. The van der Waals surface area contributed by atoms with Crippen molar-refractivity contribution in [3.05, 3.63) is 66.4 Å². The van der Waals surface area contributed by atoms with Crippen molar-refractivity contribution in [1.82, 2.24) is 9.78 Å². The molecule has 4 aromatic rings. The van der Waals surface area contributed by atoms with E-state index in [0.29, 0.717) is 11.3 Å². The third-order valence-electron chi connectivity index (χ3n) is 4.21. The molecule has 3 aromatic carbocycles. The predicted octanol–water partition coefficient (Wildman–Crippen LogP) is 5.41. The van der Waals surface area contributed by atoms with Crippen molar-refractivity contribution in [2.24, 2.45) is 7.05 Å². The van der Waals surface area contributed by atoms with Crippen LogP contribution in [0.5, 0.6) is 0 Å². The summed E-state index contributed by atoms with van der Waals surface area (Å²) >= 11 is 0. The molecule has 1 aromatic heterocycles. The summed E-state index contributed by atoms with van der Waals surface area (Å²) in [4.78, 5) is 0. The van der Waals surface area contributed by atoms with Gasteiger partial charge < -0.3 is 0 Å². The van der Waals surface area contributed by atoms with Crippen molar-refractivity contribution in [1.29, 1.82) is 0 Å². The summed E-state index contributed by atoms with van der Waals surface area (Å²) in [6.45, 7) is 0. The molecule has 0 atom stereocenters. The van der Waals surface area contributed by atoms with E-state index in [0.717, 1.165) is 27.6 Å². The van der Waals surface area contributed by atoms with E-state index in [1.165, 1.54) is 11.7 Å². The lowest BCUT2D eigenvalue weighted by Crippen LogP contribution is -2.06. The fraction of sp³-hybridized carbons (Fsp3) is 0.105. The molecule has 0 amide bonds. The molecule has 0 radical (unpaired) electrons. The van der Waals surface area contributed by atoms with Gasteiger partial charge in [0.1, 0.15) is 0 Å². The van der Waals surface area contributed by atoms with Gasteiger partial charge in [0.2, 0.25) is 0 Å². The van der Waals surface area contributed by atoms with Gasteiger partial charge >= 0.3 is 6.18 Å². The molecule has 0 bridgehead atoms. The van der Waals surface area contributed by atoms with E-state index in [-0.39, 0.29) is 0 Å². The zero-order valence-electron chi connectivity index (χ0n) is 12.8. The highest BCUT2D eigenvalue weighted by atomic mass is 19.4. The normalized spacial score (nSPS) is 12.2. The second-order valence-corrected chi connectivity index (χ2v) is 5.76. The Bertz CT molecular complexity index is 1060. The summed E-state index contributed by atoms with van der Waals surface area (Å²) in [5.41, 5.74) is 0.277. The Morgan fingerprint density at radius 2 is 1.54 bits per heavy atom. The summed E-state index contributed by atoms with van der Waals surface area (Å²) in [5.74, 6) is 0. The molecule has 0 N–H and O–H groups in total. The van der Waals surface area contributed by atoms with Crippen LogP contribution in [0.4, 0.5) is 13.2 Å². The minimum absolute atomic E-state index is 0.442. The highest BCUT2D eigenvalue weighted by molar-refractivity contribution is 6.08. The van der Waals surface area contributed by atoms with E-state index in [4.69, 9.17) is 0 Å². The van der Waals surface area contributed by atoms with Crippen LogP contribution in [0.15, 0.2) is 60.7 Å².